The van der Waals surface area contributed by atoms with Crippen molar-refractivity contribution in [1.82, 2.24) is 15.6 Å². The Morgan fingerprint density at radius 2 is 1.57 bits per heavy atom. The molecule has 1 rings (SSSR count). The zero-order valence-electron chi connectivity index (χ0n) is 11.1. The molecule has 0 aliphatic rings. The lowest BCUT2D eigenvalue weighted by atomic mass is 10.3. The maximum absolute atomic E-state index is 12.9. The summed E-state index contributed by atoms with van der Waals surface area (Å²) < 4.78 is 49.3. The first-order valence-electron chi connectivity index (χ1n) is 5.70. The highest BCUT2D eigenvalue weighted by Gasteiger charge is 2.20. The average Bonchev–Trinajstić information content (AvgIpc) is 2.34. The Balaban J connectivity index is 2.78. The van der Waals surface area contributed by atoms with Gasteiger partial charge < -0.3 is 5.32 Å². The van der Waals surface area contributed by atoms with Crippen LogP contribution >= 0.6 is 0 Å². The molecule has 0 unspecified atom stereocenters. The van der Waals surface area contributed by atoms with E-state index in [2.05, 4.69) is 5.32 Å². The molecule has 0 aliphatic heterocycles. The van der Waals surface area contributed by atoms with E-state index in [-0.39, 0.29) is 6.04 Å². The van der Waals surface area contributed by atoms with Crippen molar-refractivity contribution in [2.24, 2.45) is 0 Å². The van der Waals surface area contributed by atoms with E-state index in [0.717, 1.165) is 0 Å². The molecule has 0 atom stereocenters. The number of nitrogens with one attached hydrogen (secondary N) is 3. The van der Waals surface area contributed by atoms with Crippen LogP contribution in [0.1, 0.15) is 13.8 Å². The van der Waals surface area contributed by atoms with Gasteiger partial charge in [-0.15, -0.1) is 4.83 Å². The Kier molecular flexibility index (Phi) is 5.33. The van der Waals surface area contributed by atoms with Crippen molar-refractivity contribution in [1.29, 1.82) is 0 Å². The predicted octanol–water partition coefficient (Wildman–Crippen LogP) is -0.201. The molecule has 1 aromatic rings. The topological polar surface area (TPSA) is 104 Å². The summed E-state index contributed by atoms with van der Waals surface area (Å²) in [5.74, 6) is -4.51. The molecule has 2 amide bonds. The summed E-state index contributed by atoms with van der Waals surface area (Å²) in [7, 11) is -4.40. The lowest BCUT2D eigenvalue weighted by Crippen LogP contribution is -2.49. The molecule has 0 spiro atoms. The number of rotatable bonds is 4. The second-order valence-electron chi connectivity index (χ2n) is 4.29. The first-order chi connectivity index (χ1) is 9.61. The Morgan fingerprint density at radius 3 is 2.05 bits per heavy atom. The fourth-order valence-corrected chi connectivity index (χ4v) is 2.12. The standard InChI is InChI=1S/C11H13F2N3O4S/c1-6(2)14-10(17)11(18)15-16-21(19,20)9-4-7(12)3-8(13)5-9/h3-6,16H,1-2H3,(H,14,17)(H,15,18). The molecule has 0 radical (unpaired) electrons. The SMILES string of the molecule is CC(C)NC(=O)C(=O)NNS(=O)(=O)c1cc(F)cc(F)c1. The smallest absolute Gasteiger partial charge is 0.324 e. The van der Waals surface area contributed by atoms with Crippen LogP contribution in [0.5, 0.6) is 0 Å². The number of hydrogen-bond acceptors (Lipinski definition) is 4. The van der Waals surface area contributed by atoms with Crippen molar-refractivity contribution in [2.75, 3.05) is 0 Å². The fourth-order valence-electron chi connectivity index (χ4n) is 1.24. The minimum atomic E-state index is -4.40. The molecule has 3 N–H and O–H groups in total. The highest BCUT2D eigenvalue weighted by Crippen LogP contribution is 2.12. The number of hydrogen-bond donors (Lipinski definition) is 3. The third-order valence-electron chi connectivity index (χ3n) is 2.07. The molecule has 0 heterocycles. The zero-order chi connectivity index (χ0) is 16.2. The van der Waals surface area contributed by atoms with Crippen LogP contribution in [0.3, 0.4) is 0 Å². The van der Waals surface area contributed by atoms with E-state index >= 15 is 0 Å². The molecular weight excluding hydrogens is 308 g/mol. The summed E-state index contributed by atoms with van der Waals surface area (Å²) in [6.45, 7) is 3.20. The molecule has 1 aromatic carbocycles. The average molecular weight is 321 g/mol. The number of amides is 2. The number of carbonyl (C=O) groups is 2. The van der Waals surface area contributed by atoms with Gasteiger partial charge in [0.15, 0.2) is 0 Å². The number of hydrazine groups is 1. The summed E-state index contributed by atoms with van der Waals surface area (Å²) in [5.41, 5.74) is 1.63. The minimum absolute atomic E-state index is 0.322. The molecular formula is C11H13F2N3O4S. The van der Waals surface area contributed by atoms with Crippen LogP contribution in [-0.2, 0) is 19.6 Å². The van der Waals surface area contributed by atoms with E-state index in [4.69, 9.17) is 0 Å². The Morgan fingerprint density at radius 1 is 1.05 bits per heavy atom. The lowest BCUT2D eigenvalue weighted by Gasteiger charge is -2.10. The summed E-state index contributed by atoms with van der Waals surface area (Å²) in [6.07, 6.45) is 0. The van der Waals surface area contributed by atoms with Crippen LogP contribution in [0.2, 0.25) is 0 Å². The summed E-state index contributed by atoms with van der Waals surface area (Å²) >= 11 is 0. The summed E-state index contributed by atoms with van der Waals surface area (Å²) in [4.78, 5) is 23.4. The van der Waals surface area contributed by atoms with E-state index in [9.17, 15) is 26.8 Å². The summed E-state index contributed by atoms with van der Waals surface area (Å²) in [6, 6.07) is 1.29. The van der Waals surface area contributed by atoms with Gasteiger partial charge in [-0.1, -0.05) is 0 Å². The van der Waals surface area contributed by atoms with Crippen LogP contribution in [0.4, 0.5) is 8.78 Å². The Labute approximate surface area is 119 Å². The van der Waals surface area contributed by atoms with Crippen LogP contribution in [0.25, 0.3) is 0 Å². The van der Waals surface area contributed by atoms with E-state index in [1.807, 2.05) is 0 Å². The lowest BCUT2D eigenvalue weighted by molar-refractivity contribution is -0.139. The first kappa shape index (κ1) is 17.0. The van der Waals surface area contributed by atoms with Crippen molar-refractivity contribution >= 4 is 21.8 Å². The molecule has 0 saturated carbocycles. The maximum atomic E-state index is 12.9. The fraction of sp³-hybridized carbons (Fsp3) is 0.273. The molecule has 7 nitrogen and oxygen atoms in total. The second-order valence-corrected chi connectivity index (χ2v) is 5.98. The van der Waals surface area contributed by atoms with E-state index in [0.29, 0.717) is 18.2 Å². The maximum Gasteiger partial charge on any atom is 0.324 e. The first-order valence-corrected chi connectivity index (χ1v) is 7.19. The van der Waals surface area contributed by atoms with Gasteiger partial charge in [0.05, 0.1) is 4.90 Å². The highest BCUT2D eigenvalue weighted by molar-refractivity contribution is 7.89. The van der Waals surface area contributed by atoms with Crippen LogP contribution in [0.15, 0.2) is 23.1 Å². The number of halogens is 2. The van der Waals surface area contributed by atoms with E-state index in [1.54, 1.807) is 24.1 Å². The van der Waals surface area contributed by atoms with Gasteiger partial charge in [-0.05, 0) is 26.0 Å². The molecule has 0 bridgehead atoms. The summed E-state index contributed by atoms with van der Waals surface area (Å²) in [5, 5.41) is 2.23. The van der Waals surface area contributed by atoms with Gasteiger partial charge in [0.25, 0.3) is 10.0 Å². The van der Waals surface area contributed by atoms with Gasteiger partial charge in [0, 0.05) is 12.1 Å². The van der Waals surface area contributed by atoms with Gasteiger partial charge >= 0.3 is 11.8 Å². The van der Waals surface area contributed by atoms with Crippen LogP contribution < -0.4 is 15.6 Å². The molecule has 21 heavy (non-hydrogen) atoms. The number of sulfonamides is 1. The van der Waals surface area contributed by atoms with Crippen LogP contribution in [0, 0.1) is 11.6 Å². The third-order valence-corrected chi connectivity index (χ3v) is 3.30. The second kappa shape index (κ2) is 6.59. The van der Waals surface area contributed by atoms with Gasteiger partial charge in [-0.3, -0.25) is 15.0 Å². The zero-order valence-corrected chi connectivity index (χ0v) is 11.9. The van der Waals surface area contributed by atoms with E-state index < -0.39 is 38.4 Å². The molecule has 0 aliphatic carbocycles. The Hall–Kier alpha value is -2.07. The molecule has 0 fully saturated rings. The van der Waals surface area contributed by atoms with Crippen molar-refractivity contribution < 1.29 is 26.8 Å². The predicted molar refractivity (Wildman–Crippen MR) is 68.1 cm³/mol. The van der Waals surface area contributed by atoms with Crippen molar-refractivity contribution in [3.63, 3.8) is 0 Å². The van der Waals surface area contributed by atoms with Gasteiger partial charge in [-0.25, -0.2) is 17.2 Å². The van der Waals surface area contributed by atoms with Crippen molar-refractivity contribution in [3.8, 4) is 0 Å². The largest absolute Gasteiger partial charge is 0.346 e. The normalized spacial score (nSPS) is 11.3. The van der Waals surface area contributed by atoms with E-state index in [1.165, 1.54) is 0 Å². The molecule has 0 saturated heterocycles. The highest BCUT2D eigenvalue weighted by atomic mass is 32.2. The Bertz CT molecular complexity index is 641. The number of carbonyl (C=O) groups excluding carboxylic acids is 2. The third kappa shape index (κ3) is 5.08. The monoisotopic (exact) mass is 321 g/mol. The quantitative estimate of drug-likeness (QED) is 0.527. The van der Waals surface area contributed by atoms with Crippen LogP contribution in [-0.4, -0.2) is 26.3 Å². The number of benzene rings is 1. The van der Waals surface area contributed by atoms with Crippen molar-refractivity contribution in [3.05, 3.63) is 29.8 Å². The molecule has 10 heteroatoms. The van der Waals surface area contributed by atoms with Crippen molar-refractivity contribution in [2.45, 2.75) is 24.8 Å². The molecule has 116 valence electrons. The minimum Gasteiger partial charge on any atom is -0.346 e. The van der Waals surface area contributed by atoms with Gasteiger partial charge in [0.2, 0.25) is 0 Å². The van der Waals surface area contributed by atoms with Gasteiger partial charge in [0.1, 0.15) is 11.6 Å². The molecule has 0 aromatic heterocycles. The van der Waals surface area contributed by atoms with Gasteiger partial charge in [-0.2, -0.15) is 0 Å².